The highest BCUT2D eigenvalue weighted by Gasteiger charge is 2.28. The van der Waals surface area contributed by atoms with Gasteiger partial charge in [-0.25, -0.2) is 8.42 Å². The lowest BCUT2D eigenvalue weighted by Gasteiger charge is -2.23. The molecule has 2 heterocycles. The van der Waals surface area contributed by atoms with E-state index in [4.69, 9.17) is 9.47 Å². The lowest BCUT2D eigenvalue weighted by molar-refractivity contribution is 0.174. The molecule has 2 aliphatic rings. The number of benzene rings is 1. The monoisotopic (exact) mass is 481 g/mol. The molecule has 0 radical (unpaired) electrons. The second-order valence-electron chi connectivity index (χ2n) is 6.24. The molecule has 1 aromatic rings. The van der Waals surface area contributed by atoms with Crippen molar-refractivity contribution in [2.75, 3.05) is 38.9 Å². The van der Waals surface area contributed by atoms with Crippen molar-refractivity contribution < 1.29 is 17.9 Å². The zero-order valence-electron chi connectivity index (χ0n) is 14.4. The number of rotatable bonds is 4. The summed E-state index contributed by atoms with van der Waals surface area (Å²) in [6.07, 6.45) is 0.720. The Morgan fingerprint density at radius 1 is 1.36 bits per heavy atom. The number of hydrogen-bond acceptors (Lipinski definition) is 5. The quantitative estimate of drug-likeness (QED) is 0.399. The average Bonchev–Trinajstić information content (AvgIpc) is 3.13. The number of nitrogens with one attached hydrogen (secondary N) is 1. The normalized spacial score (nSPS) is 20.9. The highest BCUT2D eigenvalue weighted by atomic mass is 127. The molecule has 0 saturated carbocycles. The third kappa shape index (κ3) is 5.13. The van der Waals surface area contributed by atoms with Gasteiger partial charge in [0.15, 0.2) is 27.3 Å². The van der Waals surface area contributed by atoms with Crippen LogP contribution in [0.3, 0.4) is 0 Å². The van der Waals surface area contributed by atoms with Gasteiger partial charge >= 0.3 is 0 Å². The molecular weight excluding hydrogens is 457 g/mol. The van der Waals surface area contributed by atoms with Crippen molar-refractivity contribution in [2.24, 2.45) is 10.9 Å². The summed E-state index contributed by atoms with van der Waals surface area (Å²) < 4.78 is 33.8. The van der Waals surface area contributed by atoms with Crippen molar-refractivity contribution in [1.82, 2.24) is 10.2 Å². The molecular formula is C16H24IN3O4S. The summed E-state index contributed by atoms with van der Waals surface area (Å²) in [5.74, 6) is 3.00. The zero-order chi connectivity index (χ0) is 17.2. The highest BCUT2D eigenvalue weighted by Crippen LogP contribution is 2.32. The van der Waals surface area contributed by atoms with Gasteiger partial charge in [0.1, 0.15) is 0 Å². The third-order valence-electron chi connectivity index (χ3n) is 4.31. The van der Waals surface area contributed by atoms with Crippen molar-refractivity contribution >= 4 is 39.8 Å². The van der Waals surface area contributed by atoms with E-state index in [0.717, 1.165) is 29.4 Å². The average molecular weight is 481 g/mol. The standard InChI is InChI=1S/C16H23N3O4S.HI/c1-17-16(18-8-13-5-6-24(20,21)10-13)19(2)9-12-3-4-14-15(7-12)23-11-22-14;/h3-4,7,13H,5-6,8-11H2,1-2H3,(H,17,18);1H. The van der Waals surface area contributed by atoms with Gasteiger partial charge in [-0.3, -0.25) is 4.99 Å². The number of halogens is 1. The summed E-state index contributed by atoms with van der Waals surface area (Å²) in [6, 6.07) is 5.88. The van der Waals surface area contributed by atoms with Crippen molar-refractivity contribution in [2.45, 2.75) is 13.0 Å². The Hall–Kier alpha value is -1.23. The van der Waals surface area contributed by atoms with E-state index in [-0.39, 0.29) is 42.4 Å². The Morgan fingerprint density at radius 3 is 2.80 bits per heavy atom. The third-order valence-corrected chi connectivity index (χ3v) is 6.14. The molecule has 7 nitrogen and oxygen atoms in total. The van der Waals surface area contributed by atoms with Crippen molar-refractivity contribution in [3.05, 3.63) is 23.8 Å². The van der Waals surface area contributed by atoms with Crippen molar-refractivity contribution in [3.8, 4) is 11.5 Å². The number of guanidine groups is 1. The van der Waals surface area contributed by atoms with Gasteiger partial charge in [-0.05, 0) is 30.0 Å². The van der Waals surface area contributed by atoms with Crippen LogP contribution in [-0.2, 0) is 16.4 Å². The minimum Gasteiger partial charge on any atom is -0.454 e. The fourth-order valence-electron chi connectivity index (χ4n) is 3.04. The van der Waals surface area contributed by atoms with Crippen molar-refractivity contribution in [3.63, 3.8) is 0 Å². The molecule has 1 atom stereocenters. The molecule has 1 saturated heterocycles. The predicted molar refractivity (Wildman–Crippen MR) is 108 cm³/mol. The summed E-state index contributed by atoms with van der Waals surface area (Å²) >= 11 is 0. The van der Waals surface area contributed by atoms with Crippen LogP contribution in [0.1, 0.15) is 12.0 Å². The van der Waals surface area contributed by atoms with Crippen LogP contribution in [0.5, 0.6) is 11.5 Å². The van der Waals surface area contributed by atoms with E-state index < -0.39 is 9.84 Å². The molecule has 1 unspecified atom stereocenters. The molecule has 1 fully saturated rings. The Balaban J connectivity index is 0.00000225. The predicted octanol–water partition coefficient (Wildman–Crippen LogP) is 1.48. The number of ether oxygens (including phenoxy) is 2. The smallest absolute Gasteiger partial charge is 0.231 e. The van der Waals surface area contributed by atoms with Crippen LogP contribution in [0.15, 0.2) is 23.2 Å². The Labute approximate surface area is 165 Å². The molecule has 9 heteroatoms. The van der Waals surface area contributed by atoms with E-state index in [2.05, 4.69) is 10.3 Å². The van der Waals surface area contributed by atoms with Gasteiger partial charge in [0.05, 0.1) is 11.5 Å². The molecule has 0 aromatic heterocycles. The number of sulfone groups is 1. The molecule has 25 heavy (non-hydrogen) atoms. The van der Waals surface area contributed by atoms with Crippen LogP contribution in [0, 0.1) is 5.92 Å². The van der Waals surface area contributed by atoms with E-state index in [1.165, 1.54) is 0 Å². The largest absolute Gasteiger partial charge is 0.454 e. The minimum absolute atomic E-state index is 0. The SMILES string of the molecule is CN=C(NCC1CCS(=O)(=O)C1)N(C)Cc1ccc2c(c1)OCO2.I. The molecule has 2 aliphatic heterocycles. The molecule has 0 amide bonds. The minimum atomic E-state index is -2.84. The molecule has 3 rings (SSSR count). The van der Waals surface area contributed by atoms with Gasteiger partial charge in [-0.15, -0.1) is 24.0 Å². The first kappa shape index (κ1) is 20.1. The second kappa shape index (κ2) is 8.43. The number of hydrogen-bond donors (Lipinski definition) is 1. The van der Waals surface area contributed by atoms with Gasteiger partial charge in [0, 0.05) is 27.2 Å². The molecule has 0 aliphatic carbocycles. The van der Waals surface area contributed by atoms with Gasteiger partial charge in [0.25, 0.3) is 0 Å². The first-order chi connectivity index (χ1) is 11.5. The molecule has 1 N–H and O–H groups in total. The fraction of sp³-hybridized carbons (Fsp3) is 0.562. The molecule has 0 bridgehead atoms. The summed E-state index contributed by atoms with van der Waals surface area (Å²) in [5.41, 5.74) is 1.09. The van der Waals surface area contributed by atoms with E-state index in [0.29, 0.717) is 18.8 Å². The zero-order valence-corrected chi connectivity index (χ0v) is 17.5. The molecule has 1 aromatic carbocycles. The van der Waals surface area contributed by atoms with Gasteiger partial charge in [-0.1, -0.05) is 6.07 Å². The molecule has 140 valence electrons. The van der Waals surface area contributed by atoms with Crippen LogP contribution in [0.25, 0.3) is 0 Å². The summed E-state index contributed by atoms with van der Waals surface area (Å²) in [7, 11) is 0.832. The summed E-state index contributed by atoms with van der Waals surface area (Å²) in [4.78, 5) is 6.28. The Morgan fingerprint density at radius 2 is 2.12 bits per heavy atom. The number of aliphatic imine (C=N–C) groups is 1. The Kier molecular flexibility index (Phi) is 6.78. The van der Waals surface area contributed by atoms with Gasteiger partial charge in [0.2, 0.25) is 6.79 Å². The van der Waals surface area contributed by atoms with Crippen LogP contribution >= 0.6 is 24.0 Å². The van der Waals surface area contributed by atoms with Crippen LogP contribution < -0.4 is 14.8 Å². The lowest BCUT2D eigenvalue weighted by Crippen LogP contribution is -2.40. The van der Waals surface area contributed by atoms with E-state index in [1.54, 1.807) is 7.05 Å². The van der Waals surface area contributed by atoms with E-state index >= 15 is 0 Å². The maximum absolute atomic E-state index is 11.5. The van der Waals surface area contributed by atoms with Crippen LogP contribution in [-0.4, -0.2) is 58.2 Å². The van der Waals surface area contributed by atoms with Gasteiger partial charge in [-0.2, -0.15) is 0 Å². The fourth-order valence-corrected chi connectivity index (χ4v) is 4.90. The highest BCUT2D eigenvalue weighted by molar-refractivity contribution is 14.0. The first-order valence-corrected chi connectivity index (χ1v) is 9.80. The number of fused-ring (bicyclic) bond motifs is 1. The van der Waals surface area contributed by atoms with Gasteiger partial charge < -0.3 is 19.7 Å². The molecule has 0 spiro atoms. The summed E-state index contributed by atoms with van der Waals surface area (Å²) in [6.45, 7) is 1.55. The topological polar surface area (TPSA) is 80.2 Å². The lowest BCUT2D eigenvalue weighted by atomic mass is 10.1. The second-order valence-corrected chi connectivity index (χ2v) is 8.47. The maximum atomic E-state index is 11.5. The number of nitrogens with zero attached hydrogens (tertiary/aromatic N) is 2. The Bertz CT molecular complexity index is 739. The van der Waals surface area contributed by atoms with E-state index in [9.17, 15) is 8.42 Å². The summed E-state index contributed by atoms with van der Waals surface area (Å²) in [5, 5.41) is 3.28. The van der Waals surface area contributed by atoms with Crippen molar-refractivity contribution in [1.29, 1.82) is 0 Å². The maximum Gasteiger partial charge on any atom is 0.231 e. The van der Waals surface area contributed by atoms with Crippen LogP contribution in [0.2, 0.25) is 0 Å². The van der Waals surface area contributed by atoms with E-state index in [1.807, 2.05) is 30.1 Å². The first-order valence-electron chi connectivity index (χ1n) is 7.97. The van der Waals surface area contributed by atoms with Crippen LogP contribution in [0.4, 0.5) is 0 Å².